The second-order valence-electron chi connectivity index (χ2n) is 6.90. The molecule has 1 aromatic heterocycles. The molecule has 0 atom stereocenters. The topological polar surface area (TPSA) is 67.4 Å². The van der Waals surface area contributed by atoms with E-state index in [0.29, 0.717) is 13.1 Å². The summed E-state index contributed by atoms with van der Waals surface area (Å²) in [6, 6.07) is 5.90. The van der Waals surface area contributed by atoms with Gasteiger partial charge in [0.1, 0.15) is 17.5 Å². The fourth-order valence-corrected chi connectivity index (χ4v) is 2.67. The molecule has 2 aromatic rings. The first-order chi connectivity index (χ1) is 10.9. The minimum absolute atomic E-state index is 0.123. The summed E-state index contributed by atoms with van der Waals surface area (Å²) in [5, 5.41) is 7.97. The number of aromatic amines is 1. The zero-order chi connectivity index (χ0) is 16.4. The normalized spacial score (nSPS) is 16.6. The molecular formula is C17H23N3O3. The number of carbonyl (C=O) groups excluding carboxylic acids is 1. The average molecular weight is 317 g/mol. The van der Waals surface area contributed by atoms with Gasteiger partial charge in [0.15, 0.2) is 0 Å². The Morgan fingerprint density at radius 3 is 2.74 bits per heavy atom. The minimum atomic E-state index is -0.454. The van der Waals surface area contributed by atoms with Crippen LogP contribution in [0.5, 0.6) is 5.75 Å². The van der Waals surface area contributed by atoms with Gasteiger partial charge in [0.05, 0.1) is 11.7 Å². The molecule has 0 saturated carbocycles. The first-order valence-corrected chi connectivity index (χ1v) is 7.98. The smallest absolute Gasteiger partial charge is 0.410 e. The molecule has 1 aromatic carbocycles. The van der Waals surface area contributed by atoms with Gasteiger partial charge in [-0.05, 0) is 39.0 Å². The van der Waals surface area contributed by atoms with Gasteiger partial charge in [0.2, 0.25) is 0 Å². The number of amides is 1. The predicted octanol–water partition coefficient (Wildman–Crippen LogP) is 3.34. The summed E-state index contributed by atoms with van der Waals surface area (Å²) in [5.41, 5.74) is 0.543. The van der Waals surface area contributed by atoms with Crippen LogP contribution < -0.4 is 4.74 Å². The third-order valence-corrected chi connectivity index (χ3v) is 3.81. The lowest BCUT2D eigenvalue weighted by Gasteiger charge is -2.33. The largest absolute Gasteiger partial charge is 0.490 e. The summed E-state index contributed by atoms with van der Waals surface area (Å²) in [6.45, 7) is 6.97. The zero-order valence-corrected chi connectivity index (χ0v) is 13.8. The Kier molecular flexibility index (Phi) is 4.15. The molecule has 23 heavy (non-hydrogen) atoms. The molecule has 6 nitrogen and oxygen atoms in total. The quantitative estimate of drug-likeness (QED) is 0.922. The maximum atomic E-state index is 12.0. The van der Waals surface area contributed by atoms with Crippen LogP contribution in [-0.4, -0.2) is 46.0 Å². The number of benzene rings is 1. The molecule has 3 rings (SSSR count). The third-order valence-electron chi connectivity index (χ3n) is 3.81. The maximum absolute atomic E-state index is 12.0. The van der Waals surface area contributed by atoms with Crippen molar-refractivity contribution >= 4 is 17.0 Å². The van der Waals surface area contributed by atoms with Crippen LogP contribution in [0.4, 0.5) is 4.79 Å². The van der Waals surface area contributed by atoms with Crippen molar-refractivity contribution in [2.45, 2.75) is 45.3 Å². The standard InChI is InChI=1S/C17H23N3O3/c1-17(2,3)23-16(21)20-8-6-13(7-9-20)22-14-4-5-15-12(10-14)11-18-19-15/h4-5,10-11,13H,6-9H2,1-3H3,(H,18,19). The summed E-state index contributed by atoms with van der Waals surface area (Å²) < 4.78 is 11.4. The molecule has 1 aliphatic rings. The average Bonchev–Trinajstić information content (AvgIpc) is 2.94. The van der Waals surface area contributed by atoms with E-state index < -0.39 is 5.60 Å². The Morgan fingerprint density at radius 2 is 2.04 bits per heavy atom. The first kappa shape index (κ1) is 15.6. The number of hydrogen-bond acceptors (Lipinski definition) is 4. The van der Waals surface area contributed by atoms with Gasteiger partial charge < -0.3 is 14.4 Å². The molecule has 124 valence electrons. The number of carbonyl (C=O) groups is 1. The highest BCUT2D eigenvalue weighted by molar-refractivity contribution is 5.79. The van der Waals surface area contributed by atoms with Crippen LogP contribution in [0.3, 0.4) is 0 Å². The van der Waals surface area contributed by atoms with Crippen molar-refractivity contribution in [3.63, 3.8) is 0 Å². The van der Waals surface area contributed by atoms with Crippen molar-refractivity contribution in [2.75, 3.05) is 13.1 Å². The van der Waals surface area contributed by atoms with E-state index in [4.69, 9.17) is 9.47 Å². The number of nitrogens with one attached hydrogen (secondary N) is 1. The molecule has 6 heteroatoms. The Bertz CT molecular complexity index is 682. The van der Waals surface area contributed by atoms with E-state index in [1.54, 1.807) is 11.1 Å². The van der Waals surface area contributed by atoms with Crippen LogP contribution in [-0.2, 0) is 4.74 Å². The fourth-order valence-electron chi connectivity index (χ4n) is 2.67. The van der Waals surface area contributed by atoms with Gasteiger partial charge in [-0.2, -0.15) is 5.10 Å². The second-order valence-corrected chi connectivity index (χ2v) is 6.90. The lowest BCUT2D eigenvalue weighted by Crippen LogP contribution is -2.44. The Labute approximate surface area is 135 Å². The van der Waals surface area contributed by atoms with Crippen LogP contribution in [0.1, 0.15) is 33.6 Å². The second kappa shape index (κ2) is 6.10. The molecular weight excluding hydrogens is 294 g/mol. The maximum Gasteiger partial charge on any atom is 0.410 e. The van der Waals surface area contributed by atoms with E-state index in [-0.39, 0.29) is 12.2 Å². The summed E-state index contributed by atoms with van der Waals surface area (Å²) in [4.78, 5) is 13.8. The van der Waals surface area contributed by atoms with Crippen molar-refractivity contribution in [3.8, 4) is 5.75 Å². The van der Waals surface area contributed by atoms with E-state index in [9.17, 15) is 4.79 Å². The number of fused-ring (bicyclic) bond motifs is 1. The highest BCUT2D eigenvalue weighted by Crippen LogP contribution is 2.23. The lowest BCUT2D eigenvalue weighted by atomic mass is 10.1. The van der Waals surface area contributed by atoms with Gasteiger partial charge in [-0.3, -0.25) is 5.10 Å². The molecule has 0 aliphatic carbocycles. The highest BCUT2D eigenvalue weighted by atomic mass is 16.6. The summed E-state index contributed by atoms with van der Waals surface area (Å²) in [6.07, 6.45) is 3.28. The molecule has 1 N–H and O–H groups in total. The van der Waals surface area contributed by atoms with Gasteiger partial charge in [-0.1, -0.05) is 0 Å². The predicted molar refractivity (Wildman–Crippen MR) is 87.6 cm³/mol. The monoisotopic (exact) mass is 317 g/mol. The number of likely N-dealkylation sites (tertiary alicyclic amines) is 1. The van der Waals surface area contributed by atoms with E-state index in [0.717, 1.165) is 29.5 Å². The summed E-state index contributed by atoms with van der Waals surface area (Å²) in [5.74, 6) is 0.842. The Hall–Kier alpha value is -2.24. The number of piperidine rings is 1. The molecule has 0 spiro atoms. The molecule has 1 aliphatic heterocycles. The number of ether oxygens (including phenoxy) is 2. The summed E-state index contributed by atoms with van der Waals surface area (Å²) >= 11 is 0. The number of rotatable bonds is 2. The first-order valence-electron chi connectivity index (χ1n) is 7.98. The van der Waals surface area contributed by atoms with Crippen molar-refractivity contribution in [1.29, 1.82) is 0 Å². The van der Waals surface area contributed by atoms with Gasteiger partial charge in [0, 0.05) is 31.3 Å². The van der Waals surface area contributed by atoms with Crippen molar-refractivity contribution in [1.82, 2.24) is 15.1 Å². The minimum Gasteiger partial charge on any atom is -0.490 e. The van der Waals surface area contributed by atoms with E-state index in [1.165, 1.54) is 0 Å². The molecule has 0 unspecified atom stereocenters. The van der Waals surface area contributed by atoms with E-state index in [1.807, 2.05) is 39.0 Å². The van der Waals surface area contributed by atoms with Crippen molar-refractivity contribution in [3.05, 3.63) is 24.4 Å². The molecule has 0 bridgehead atoms. The lowest BCUT2D eigenvalue weighted by molar-refractivity contribution is 0.0127. The number of nitrogens with zero attached hydrogens (tertiary/aromatic N) is 2. The van der Waals surface area contributed by atoms with Crippen LogP contribution in [0.15, 0.2) is 24.4 Å². The van der Waals surface area contributed by atoms with E-state index in [2.05, 4.69) is 10.2 Å². The molecule has 1 fully saturated rings. The molecule has 1 amide bonds. The van der Waals surface area contributed by atoms with Gasteiger partial charge in [-0.15, -0.1) is 0 Å². The van der Waals surface area contributed by atoms with Crippen molar-refractivity contribution < 1.29 is 14.3 Å². The number of aromatic nitrogens is 2. The van der Waals surface area contributed by atoms with Gasteiger partial charge >= 0.3 is 6.09 Å². The van der Waals surface area contributed by atoms with Crippen LogP contribution in [0.2, 0.25) is 0 Å². The van der Waals surface area contributed by atoms with Crippen molar-refractivity contribution in [2.24, 2.45) is 0 Å². The van der Waals surface area contributed by atoms with E-state index >= 15 is 0 Å². The van der Waals surface area contributed by atoms with Crippen LogP contribution in [0.25, 0.3) is 10.9 Å². The molecule has 1 saturated heterocycles. The van der Waals surface area contributed by atoms with Crippen LogP contribution in [0, 0.1) is 0 Å². The SMILES string of the molecule is CC(C)(C)OC(=O)N1CCC(Oc2ccc3[nH]ncc3c2)CC1. The Balaban J connectivity index is 1.53. The van der Waals surface area contributed by atoms with Gasteiger partial charge in [0.25, 0.3) is 0 Å². The van der Waals surface area contributed by atoms with Gasteiger partial charge in [-0.25, -0.2) is 4.79 Å². The molecule has 0 radical (unpaired) electrons. The zero-order valence-electron chi connectivity index (χ0n) is 13.8. The Morgan fingerprint density at radius 1 is 1.30 bits per heavy atom. The summed E-state index contributed by atoms with van der Waals surface area (Å²) in [7, 11) is 0. The van der Waals surface area contributed by atoms with Crippen LogP contribution >= 0.6 is 0 Å². The highest BCUT2D eigenvalue weighted by Gasteiger charge is 2.27. The number of hydrogen-bond donors (Lipinski definition) is 1. The third kappa shape index (κ3) is 3.94. The molecule has 2 heterocycles. The fraction of sp³-hybridized carbons (Fsp3) is 0.529. The number of H-pyrrole nitrogens is 1.